The summed E-state index contributed by atoms with van der Waals surface area (Å²) in [6.45, 7) is 4.62. The van der Waals surface area contributed by atoms with Crippen molar-refractivity contribution < 1.29 is 14.0 Å². The standard InChI is InChI=1S/C22H24FN5O2S/c1-15(2)12-13-24-21(30)25-19(29)14-31-22-27-26-20(16-6-4-3-5-7-16)28(22)18-10-8-17(23)9-11-18/h3-11,15H,12-14H2,1-2H3,(H2,24,25,29,30). The minimum Gasteiger partial charge on any atom is -0.338 e. The SMILES string of the molecule is CC(C)CCNC(=O)NC(=O)CSc1nnc(-c2ccccc2)n1-c1ccc(F)cc1. The number of amides is 3. The summed E-state index contributed by atoms with van der Waals surface area (Å²) in [5.74, 6) is 0.216. The minimum atomic E-state index is -0.517. The molecule has 3 aromatic rings. The summed E-state index contributed by atoms with van der Waals surface area (Å²) in [5, 5.41) is 13.9. The molecular formula is C22H24FN5O2S. The Morgan fingerprint density at radius 2 is 1.77 bits per heavy atom. The summed E-state index contributed by atoms with van der Waals surface area (Å²) >= 11 is 1.14. The molecule has 31 heavy (non-hydrogen) atoms. The molecule has 0 atom stereocenters. The third kappa shape index (κ3) is 6.39. The topological polar surface area (TPSA) is 88.9 Å². The summed E-state index contributed by atoms with van der Waals surface area (Å²) in [7, 11) is 0. The van der Waals surface area contributed by atoms with E-state index in [0.29, 0.717) is 29.1 Å². The molecule has 9 heteroatoms. The summed E-state index contributed by atoms with van der Waals surface area (Å²) in [6, 6.07) is 14.9. The Balaban J connectivity index is 1.72. The third-order valence-corrected chi connectivity index (χ3v) is 5.27. The Morgan fingerprint density at radius 3 is 2.45 bits per heavy atom. The van der Waals surface area contributed by atoms with Crippen molar-refractivity contribution in [3.05, 3.63) is 60.4 Å². The van der Waals surface area contributed by atoms with Gasteiger partial charge in [-0.05, 0) is 36.6 Å². The fraction of sp³-hybridized carbons (Fsp3) is 0.273. The fourth-order valence-electron chi connectivity index (χ4n) is 2.77. The van der Waals surface area contributed by atoms with Crippen LogP contribution in [0.4, 0.5) is 9.18 Å². The molecule has 0 aliphatic carbocycles. The molecule has 0 fully saturated rings. The molecule has 1 aromatic heterocycles. The third-order valence-electron chi connectivity index (χ3n) is 4.34. The number of nitrogens with one attached hydrogen (secondary N) is 2. The first-order chi connectivity index (χ1) is 14.9. The van der Waals surface area contributed by atoms with Gasteiger partial charge in [0.25, 0.3) is 0 Å². The number of urea groups is 1. The molecule has 3 amide bonds. The number of carbonyl (C=O) groups is 2. The number of rotatable bonds is 8. The summed E-state index contributed by atoms with van der Waals surface area (Å²) < 4.78 is 15.2. The summed E-state index contributed by atoms with van der Waals surface area (Å²) in [5.41, 5.74) is 1.50. The van der Waals surface area contributed by atoms with Gasteiger partial charge < -0.3 is 5.32 Å². The minimum absolute atomic E-state index is 0.0221. The zero-order valence-electron chi connectivity index (χ0n) is 17.3. The Morgan fingerprint density at radius 1 is 1.06 bits per heavy atom. The van der Waals surface area contributed by atoms with Crippen molar-refractivity contribution in [2.75, 3.05) is 12.3 Å². The Hall–Kier alpha value is -3.20. The maximum atomic E-state index is 13.4. The molecule has 2 N–H and O–H groups in total. The molecule has 0 saturated carbocycles. The summed E-state index contributed by atoms with van der Waals surface area (Å²) in [6.07, 6.45) is 0.833. The molecule has 7 nitrogen and oxygen atoms in total. The van der Waals surface area contributed by atoms with Crippen LogP contribution in [0.25, 0.3) is 17.1 Å². The van der Waals surface area contributed by atoms with Crippen LogP contribution in [0.2, 0.25) is 0 Å². The first-order valence-electron chi connectivity index (χ1n) is 9.91. The van der Waals surface area contributed by atoms with E-state index in [4.69, 9.17) is 0 Å². The Labute approximate surface area is 184 Å². The molecular weight excluding hydrogens is 417 g/mol. The van der Waals surface area contributed by atoms with Crippen molar-refractivity contribution in [2.45, 2.75) is 25.4 Å². The highest BCUT2D eigenvalue weighted by Crippen LogP contribution is 2.27. The van der Waals surface area contributed by atoms with Crippen LogP contribution < -0.4 is 10.6 Å². The van der Waals surface area contributed by atoms with Crippen LogP contribution in [0.5, 0.6) is 0 Å². The largest absolute Gasteiger partial charge is 0.338 e. The van der Waals surface area contributed by atoms with Crippen molar-refractivity contribution in [1.29, 1.82) is 0 Å². The number of imide groups is 1. The summed E-state index contributed by atoms with van der Waals surface area (Å²) in [4.78, 5) is 24.0. The quantitative estimate of drug-likeness (QED) is 0.515. The molecule has 0 unspecified atom stereocenters. The number of aromatic nitrogens is 3. The highest BCUT2D eigenvalue weighted by atomic mass is 32.2. The Bertz CT molecular complexity index is 1020. The highest BCUT2D eigenvalue weighted by Gasteiger charge is 2.18. The van der Waals surface area contributed by atoms with Crippen molar-refractivity contribution in [2.24, 2.45) is 5.92 Å². The van der Waals surface area contributed by atoms with Gasteiger partial charge in [0.1, 0.15) is 5.82 Å². The van der Waals surface area contributed by atoms with E-state index in [2.05, 4.69) is 34.7 Å². The maximum absolute atomic E-state index is 13.4. The zero-order chi connectivity index (χ0) is 22.2. The van der Waals surface area contributed by atoms with Crippen LogP contribution in [0.15, 0.2) is 59.8 Å². The first-order valence-corrected chi connectivity index (χ1v) is 10.9. The van der Waals surface area contributed by atoms with Gasteiger partial charge in [0.15, 0.2) is 11.0 Å². The van der Waals surface area contributed by atoms with Gasteiger partial charge in [0, 0.05) is 17.8 Å². The van der Waals surface area contributed by atoms with E-state index in [-0.39, 0.29) is 11.6 Å². The average molecular weight is 442 g/mol. The average Bonchev–Trinajstić information content (AvgIpc) is 3.17. The molecule has 0 bridgehead atoms. The van der Waals surface area contributed by atoms with Gasteiger partial charge in [0.2, 0.25) is 5.91 Å². The molecule has 162 valence electrons. The lowest BCUT2D eigenvalue weighted by atomic mass is 10.1. The van der Waals surface area contributed by atoms with Crippen molar-refractivity contribution in [1.82, 2.24) is 25.4 Å². The first kappa shape index (κ1) is 22.5. The number of thioether (sulfide) groups is 1. The predicted octanol–water partition coefficient (Wildman–Crippen LogP) is 4.04. The number of hydrogen-bond donors (Lipinski definition) is 2. The molecule has 0 aliphatic heterocycles. The molecule has 1 heterocycles. The second kappa shape index (κ2) is 10.7. The number of nitrogens with zero attached hydrogens (tertiary/aromatic N) is 3. The van der Waals surface area contributed by atoms with Gasteiger partial charge in [-0.2, -0.15) is 0 Å². The van der Waals surface area contributed by atoms with Crippen LogP contribution in [0.1, 0.15) is 20.3 Å². The van der Waals surface area contributed by atoms with Gasteiger partial charge in [-0.1, -0.05) is 55.9 Å². The van der Waals surface area contributed by atoms with Crippen LogP contribution in [-0.2, 0) is 4.79 Å². The van der Waals surface area contributed by atoms with E-state index < -0.39 is 11.9 Å². The van der Waals surface area contributed by atoms with E-state index in [0.717, 1.165) is 23.7 Å². The van der Waals surface area contributed by atoms with Gasteiger partial charge in [-0.25, -0.2) is 9.18 Å². The van der Waals surface area contributed by atoms with Gasteiger partial charge >= 0.3 is 6.03 Å². The molecule has 3 rings (SSSR count). The number of benzene rings is 2. The molecule has 2 aromatic carbocycles. The van der Waals surface area contributed by atoms with Gasteiger partial charge in [-0.3, -0.25) is 14.7 Å². The lowest BCUT2D eigenvalue weighted by molar-refractivity contribution is -0.117. The lowest BCUT2D eigenvalue weighted by Gasteiger charge is -2.11. The van der Waals surface area contributed by atoms with E-state index in [1.807, 2.05) is 30.3 Å². The number of hydrogen-bond acceptors (Lipinski definition) is 5. The van der Waals surface area contributed by atoms with Crippen molar-refractivity contribution in [3.8, 4) is 17.1 Å². The van der Waals surface area contributed by atoms with E-state index in [9.17, 15) is 14.0 Å². The second-order valence-corrected chi connectivity index (χ2v) is 8.20. The maximum Gasteiger partial charge on any atom is 0.321 e. The normalized spacial score (nSPS) is 10.8. The van der Waals surface area contributed by atoms with Crippen LogP contribution >= 0.6 is 11.8 Å². The van der Waals surface area contributed by atoms with Gasteiger partial charge in [-0.15, -0.1) is 10.2 Å². The second-order valence-electron chi connectivity index (χ2n) is 7.26. The molecule has 0 saturated heterocycles. The predicted molar refractivity (Wildman–Crippen MR) is 118 cm³/mol. The van der Waals surface area contributed by atoms with Crippen LogP contribution in [0.3, 0.4) is 0 Å². The molecule has 0 aliphatic rings. The molecule has 0 spiro atoms. The smallest absolute Gasteiger partial charge is 0.321 e. The van der Waals surface area contributed by atoms with E-state index >= 15 is 0 Å². The monoisotopic (exact) mass is 441 g/mol. The Kier molecular flexibility index (Phi) is 7.77. The van der Waals surface area contributed by atoms with E-state index in [1.54, 1.807) is 16.7 Å². The van der Waals surface area contributed by atoms with Gasteiger partial charge in [0.05, 0.1) is 5.75 Å². The van der Waals surface area contributed by atoms with Crippen LogP contribution in [-0.4, -0.2) is 39.0 Å². The zero-order valence-corrected chi connectivity index (χ0v) is 18.2. The van der Waals surface area contributed by atoms with E-state index in [1.165, 1.54) is 12.1 Å². The van der Waals surface area contributed by atoms with Crippen molar-refractivity contribution in [3.63, 3.8) is 0 Å². The number of halogens is 1. The number of carbonyl (C=O) groups excluding carboxylic acids is 2. The fourth-order valence-corrected chi connectivity index (χ4v) is 3.52. The lowest BCUT2D eigenvalue weighted by Crippen LogP contribution is -2.40. The van der Waals surface area contributed by atoms with Crippen LogP contribution in [0, 0.1) is 11.7 Å². The van der Waals surface area contributed by atoms with Crippen molar-refractivity contribution >= 4 is 23.7 Å². The highest BCUT2D eigenvalue weighted by molar-refractivity contribution is 7.99. The molecule has 0 radical (unpaired) electrons.